The van der Waals surface area contributed by atoms with E-state index in [9.17, 15) is 8.78 Å². The van der Waals surface area contributed by atoms with Crippen molar-refractivity contribution < 1.29 is 8.78 Å². The SMILES string of the molecule is CC(C)c1cnc2c(c1)nnn2C(F)F. The van der Waals surface area contributed by atoms with E-state index in [1.807, 2.05) is 13.8 Å². The lowest BCUT2D eigenvalue weighted by Gasteiger charge is -2.03. The first-order chi connectivity index (χ1) is 7.09. The van der Waals surface area contributed by atoms with Crippen molar-refractivity contribution in [3.05, 3.63) is 17.8 Å². The molecule has 0 spiro atoms. The number of rotatable bonds is 2. The Kier molecular flexibility index (Phi) is 2.34. The van der Waals surface area contributed by atoms with E-state index in [-0.39, 0.29) is 5.65 Å². The largest absolute Gasteiger partial charge is 0.336 e. The van der Waals surface area contributed by atoms with Crippen molar-refractivity contribution in [1.29, 1.82) is 0 Å². The van der Waals surface area contributed by atoms with Crippen LogP contribution in [0.4, 0.5) is 8.78 Å². The van der Waals surface area contributed by atoms with Crippen molar-refractivity contribution in [2.75, 3.05) is 0 Å². The minimum atomic E-state index is -2.70. The quantitative estimate of drug-likeness (QED) is 0.767. The molecule has 80 valence electrons. The number of pyridine rings is 1. The summed E-state index contributed by atoms with van der Waals surface area (Å²) in [6.45, 7) is 1.30. The van der Waals surface area contributed by atoms with Gasteiger partial charge in [-0.2, -0.15) is 13.5 Å². The molecular weight excluding hydrogens is 202 g/mol. The van der Waals surface area contributed by atoms with E-state index < -0.39 is 6.55 Å². The molecule has 6 heteroatoms. The third-order valence-electron chi connectivity index (χ3n) is 2.19. The van der Waals surface area contributed by atoms with Gasteiger partial charge >= 0.3 is 6.55 Å². The van der Waals surface area contributed by atoms with E-state index in [0.717, 1.165) is 5.56 Å². The first kappa shape index (κ1) is 9.95. The molecule has 0 atom stereocenters. The Morgan fingerprint density at radius 1 is 1.33 bits per heavy atom. The average molecular weight is 212 g/mol. The molecule has 0 amide bonds. The molecule has 15 heavy (non-hydrogen) atoms. The van der Waals surface area contributed by atoms with Gasteiger partial charge in [-0.25, -0.2) is 4.98 Å². The molecule has 0 N–H and O–H groups in total. The first-order valence-corrected chi connectivity index (χ1v) is 4.58. The molecule has 2 aromatic rings. The summed E-state index contributed by atoms with van der Waals surface area (Å²) >= 11 is 0. The van der Waals surface area contributed by atoms with Gasteiger partial charge in [-0.1, -0.05) is 19.1 Å². The summed E-state index contributed by atoms with van der Waals surface area (Å²) < 4.78 is 25.3. The highest BCUT2D eigenvalue weighted by Gasteiger charge is 2.14. The van der Waals surface area contributed by atoms with Gasteiger partial charge in [0.05, 0.1) is 0 Å². The second kappa shape index (κ2) is 3.52. The highest BCUT2D eigenvalue weighted by atomic mass is 19.3. The van der Waals surface area contributed by atoms with Crippen LogP contribution in [-0.4, -0.2) is 20.0 Å². The fraction of sp³-hybridized carbons (Fsp3) is 0.444. The number of hydrogen-bond acceptors (Lipinski definition) is 3. The highest BCUT2D eigenvalue weighted by Crippen LogP contribution is 2.20. The Morgan fingerprint density at radius 2 is 2.07 bits per heavy atom. The fourth-order valence-electron chi connectivity index (χ4n) is 1.30. The van der Waals surface area contributed by atoms with Crippen LogP contribution in [-0.2, 0) is 0 Å². The predicted molar refractivity (Wildman–Crippen MR) is 50.7 cm³/mol. The summed E-state index contributed by atoms with van der Waals surface area (Å²) in [7, 11) is 0. The zero-order chi connectivity index (χ0) is 11.0. The molecule has 0 aliphatic heterocycles. The van der Waals surface area contributed by atoms with Crippen molar-refractivity contribution in [1.82, 2.24) is 20.0 Å². The van der Waals surface area contributed by atoms with Crippen LogP contribution >= 0.6 is 0 Å². The van der Waals surface area contributed by atoms with Crippen LogP contribution in [0, 0.1) is 0 Å². The van der Waals surface area contributed by atoms with Gasteiger partial charge in [0.25, 0.3) is 0 Å². The van der Waals surface area contributed by atoms with Crippen LogP contribution < -0.4 is 0 Å². The minimum absolute atomic E-state index is 0.120. The first-order valence-electron chi connectivity index (χ1n) is 4.58. The van der Waals surface area contributed by atoms with Crippen LogP contribution in [0.5, 0.6) is 0 Å². The average Bonchev–Trinajstić information content (AvgIpc) is 2.59. The van der Waals surface area contributed by atoms with Crippen LogP contribution in [0.3, 0.4) is 0 Å². The van der Waals surface area contributed by atoms with Gasteiger partial charge in [0, 0.05) is 6.20 Å². The van der Waals surface area contributed by atoms with Gasteiger partial charge in [-0.3, -0.25) is 0 Å². The number of halogens is 2. The summed E-state index contributed by atoms with van der Waals surface area (Å²) in [6, 6.07) is 1.74. The van der Waals surface area contributed by atoms with Gasteiger partial charge in [0.2, 0.25) is 0 Å². The van der Waals surface area contributed by atoms with Crippen LogP contribution in [0.25, 0.3) is 11.2 Å². The molecule has 2 heterocycles. The highest BCUT2D eigenvalue weighted by molar-refractivity contribution is 5.70. The molecule has 0 aliphatic rings. The smallest absolute Gasteiger partial charge is 0.235 e. The van der Waals surface area contributed by atoms with Gasteiger partial charge < -0.3 is 0 Å². The molecule has 2 rings (SSSR count). The van der Waals surface area contributed by atoms with Gasteiger partial charge in [0.15, 0.2) is 5.65 Å². The van der Waals surface area contributed by atoms with Gasteiger partial charge in [-0.05, 0) is 17.5 Å². The third kappa shape index (κ3) is 1.67. The Bertz CT molecular complexity index is 478. The van der Waals surface area contributed by atoms with E-state index >= 15 is 0 Å². The Labute approximate surface area is 84.9 Å². The lowest BCUT2D eigenvalue weighted by atomic mass is 10.1. The molecule has 0 radical (unpaired) electrons. The number of fused-ring (bicyclic) bond motifs is 1. The normalized spacial score (nSPS) is 11.9. The molecule has 0 bridgehead atoms. The molecule has 4 nitrogen and oxygen atoms in total. The maximum absolute atomic E-state index is 12.4. The van der Waals surface area contributed by atoms with Crippen LogP contribution in [0.1, 0.15) is 31.9 Å². The molecule has 0 unspecified atom stereocenters. The maximum atomic E-state index is 12.4. The van der Waals surface area contributed by atoms with Crippen molar-refractivity contribution in [2.45, 2.75) is 26.3 Å². The zero-order valence-electron chi connectivity index (χ0n) is 8.35. The van der Waals surface area contributed by atoms with Crippen LogP contribution in [0.15, 0.2) is 12.3 Å². The summed E-state index contributed by atoms with van der Waals surface area (Å²) in [4.78, 5) is 3.94. The second-order valence-electron chi connectivity index (χ2n) is 3.58. The van der Waals surface area contributed by atoms with Crippen LogP contribution in [0.2, 0.25) is 0 Å². The molecular formula is C9H10F2N4. The van der Waals surface area contributed by atoms with Gasteiger partial charge in [-0.15, -0.1) is 5.10 Å². The fourth-order valence-corrected chi connectivity index (χ4v) is 1.30. The zero-order valence-corrected chi connectivity index (χ0v) is 8.35. The predicted octanol–water partition coefficient (Wildman–Crippen LogP) is 2.34. The van der Waals surface area contributed by atoms with Crippen molar-refractivity contribution in [2.24, 2.45) is 0 Å². The lowest BCUT2D eigenvalue weighted by Crippen LogP contribution is -2.01. The second-order valence-corrected chi connectivity index (χ2v) is 3.58. The summed E-state index contributed by atoms with van der Waals surface area (Å²) in [6.07, 6.45) is 1.58. The molecule has 0 saturated carbocycles. The van der Waals surface area contributed by atoms with E-state index in [2.05, 4.69) is 15.3 Å². The number of alkyl halides is 2. The van der Waals surface area contributed by atoms with E-state index in [1.165, 1.54) is 0 Å². The monoisotopic (exact) mass is 212 g/mol. The molecule has 2 aromatic heterocycles. The summed E-state index contributed by atoms with van der Waals surface area (Å²) in [5.74, 6) is 0.290. The Morgan fingerprint density at radius 3 is 2.67 bits per heavy atom. The topological polar surface area (TPSA) is 43.6 Å². The number of nitrogens with zero attached hydrogens (tertiary/aromatic N) is 4. The molecule has 0 aliphatic carbocycles. The van der Waals surface area contributed by atoms with E-state index in [0.29, 0.717) is 16.1 Å². The van der Waals surface area contributed by atoms with E-state index in [4.69, 9.17) is 0 Å². The lowest BCUT2D eigenvalue weighted by molar-refractivity contribution is 0.0587. The number of hydrogen-bond donors (Lipinski definition) is 0. The van der Waals surface area contributed by atoms with Gasteiger partial charge in [0.1, 0.15) is 5.52 Å². The van der Waals surface area contributed by atoms with E-state index in [1.54, 1.807) is 12.3 Å². The van der Waals surface area contributed by atoms with Crippen molar-refractivity contribution in [3.8, 4) is 0 Å². The molecule has 0 fully saturated rings. The summed E-state index contributed by atoms with van der Waals surface area (Å²) in [5, 5.41) is 7.00. The molecule has 0 saturated heterocycles. The minimum Gasteiger partial charge on any atom is -0.235 e. The Hall–Kier alpha value is -1.59. The standard InChI is InChI=1S/C9H10F2N4/c1-5(2)6-3-7-8(12-4-6)15(9(10)11)14-13-7/h3-5,9H,1-2H3. The number of aromatic nitrogens is 4. The van der Waals surface area contributed by atoms with Crippen molar-refractivity contribution >= 4 is 11.2 Å². The molecule has 0 aromatic carbocycles. The third-order valence-corrected chi connectivity index (χ3v) is 2.19. The maximum Gasteiger partial charge on any atom is 0.336 e. The van der Waals surface area contributed by atoms with Crippen molar-refractivity contribution in [3.63, 3.8) is 0 Å². The Balaban J connectivity index is 2.57. The summed E-state index contributed by atoms with van der Waals surface area (Å²) in [5.41, 5.74) is 1.49.